The van der Waals surface area contributed by atoms with E-state index < -0.39 is 0 Å². The van der Waals surface area contributed by atoms with Gasteiger partial charge in [0.05, 0.1) is 0 Å². The van der Waals surface area contributed by atoms with Gasteiger partial charge in [-0.15, -0.1) is 0 Å². The van der Waals surface area contributed by atoms with Crippen LogP contribution in [0.4, 0.5) is 4.79 Å². The molecule has 1 aliphatic rings. The maximum absolute atomic E-state index is 11.3. The number of primary amides is 1. The number of hydrogen-bond donors (Lipinski definition) is 1. The summed E-state index contributed by atoms with van der Waals surface area (Å²) in [6.45, 7) is 9.79. The fourth-order valence-corrected chi connectivity index (χ4v) is 2.65. The van der Waals surface area contributed by atoms with E-state index in [9.17, 15) is 4.79 Å². The van der Waals surface area contributed by atoms with E-state index in [-0.39, 0.29) is 23.0 Å². The summed E-state index contributed by atoms with van der Waals surface area (Å²) < 4.78 is 0. The van der Waals surface area contributed by atoms with Gasteiger partial charge in [0.2, 0.25) is 0 Å². The SMILES string of the molecule is CN(C(N)=O)C1CC(C)(C)N(C)CC1(C)C. The van der Waals surface area contributed by atoms with Gasteiger partial charge in [-0.05, 0) is 32.7 Å². The van der Waals surface area contributed by atoms with Gasteiger partial charge in [0, 0.05) is 25.2 Å². The number of carbonyl (C=O) groups excluding carboxylic acids is 1. The highest BCUT2D eigenvalue weighted by molar-refractivity contribution is 5.72. The molecule has 4 nitrogen and oxygen atoms in total. The van der Waals surface area contributed by atoms with Crippen molar-refractivity contribution < 1.29 is 4.79 Å². The van der Waals surface area contributed by atoms with Gasteiger partial charge < -0.3 is 15.5 Å². The molecule has 1 fully saturated rings. The fraction of sp³-hybridized carbons (Fsp3) is 0.917. The van der Waals surface area contributed by atoms with Crippen LogP contribution in [0.15, 0.2) is 0 Å². The highest BCUT2D eigenvalue weighted by atomic mass is 16.2. The predicted octanol–water partition coefficient (Wildman–Crippen LogP) is 1.51. The summed E-state index contributed by atoms with van der Waals surface area (Å²) in [7, 11) is 3.94. The number of nitrogens with two attached hydrogens (primary N) is 1. The molecule has 1 aliphatic heterocycles. The number of hydrogen-bond acceptors (Lipinski definition) is 2. The summed E-state index contributed by atoms with van der Waals surface area (Å²) >= 11 is 0. The van der Waals surface area contributed by atoms with Crippen LogP contribution in [0.2, 0.25) is 0 Å². The third-order valence-corrected chi connectivity index (χ3v) is 4.09. The monoisotopic (exact) mass is 227 g/mol. The van der Waals surface area contributed by atoms with E-state index in [0.29, 0.717) is 0 Å². The largest absolute Gasteiger partial charge is 0.351 e. The van der Waals surface area contributed by atoms with E-state index in [0.717, 1.165) is 13.0 Å². The van der Waals surface area contributed by atoms with Gasteiger partial charge in [-0.25, -0.2) is 4.79 Å². The molecule has 4 heteroatoms. The zero-order valence-electron chi connectivity index (χ0n) is 11.4. The lowest BCUT2D eigenvalue weighted by Gasteiger charge is -2.54. The maximum atomic E-state index is 11.3. The normalized spacial score (nSPS) is 28.8. The molecule has 0 spiro atoms. The Morgan fingerprint density at radius 1 is 1.38 bits per heavy atom. The summed E-state index contributed by atoms with van der Waals surface area (Å²) in [5, 5.41) is 0. The van der Waals surface area contributed by atoms with Crippen LogP contribution in [0.1, 0.15) is 34.1 Å². The van der Waals surface area contributed by atoms with Crippen LogP contribution in [-0.4, -0.2) is 48.1 Å². The van der Waals surface area contributed by atoms with Crippen LogP contribution < -0.4 is 5.73 Å². The minimum absolute atomic E-state index is 0.0774. The number of nitrogens with zero attached hydrogens (tertiary/aromatic N) is 2. The second-order valence-corrected chi connectivity index (χ2v) is 6.33. The molecular weight excluding hydrogens is 202 g/mol. The average molecular weight is 227 g/mol. The first kappa shape index (κ1) is 13.3. The number of piperidine rings is 1. The molecule has 0 aromatic carbocycles. The van der Waals surface area contributed by atoms with Crippen molar-refractivity contribution in [1.29, 1.82) is 0 Å². The molecule has 16 heavy (non-hydrogen) atoms. The lowest BCUT2D eigenvalue weighted by atomic mass is 9.72. The van der Waals surface area contributed by atoms with Crippen molar-refractivity contribution in [2.75, 3.05) is 20.6 Å². The van der Waals surface area contributed by atoms with Crippen molar-refractivity contribution in [2.24, 2.45) is 11.1 Å². The van der Waals surface area contributed by atoms with E-state index in [4.69, 9.17) is 5.73 Å². The first-order valence-electron chi connectivity index (χ1n) is 5.81. The molecule has 0 radical (unpaired) electrons. The summed E-state index contributed by atoms with van der Waals surface area (Å²) in [5.74, 6) is 0. The van der Waals surface area contributed by atoms with Crippen LogP contribution in [-0.2, 0) is 0 Å². The zero-order chi connectivity index (χ0) is 12.7. The Kier molecular flexibility index (Phi) is 3.25. The molecule has 1 saturated heterocycles. The third-order valence-electron chi connectivity index (χ3n) is 4.09. The third kappa shape index (κ3) is 2.32. The van der Waals surface area contributed by atoms with Crippen molar-refractivity contribution in [3.05, 3.63) is 0 Å². The Hall–Kier alpha value is -0.770. The van der Waals surface area contributed by atoms with E-state index in [1.54, 1.807) is 11.9 Å². The Labute approximate surface area is 98.8 Å². The molecule has 2 amide bonds. The second-order valence-electron chi connectivity index (χ2n) is 6.33. The van der Waals surface area contributed by atoms with Crippen LogP contribution in [0.25, 0.3) is 0 Å². The summed E-state index contributed by atoms with van der Waals surface area (Å²) in [5.41, 5.74) is 5.58. The van der Waals surface area contributed by atoms with Crippen molar-refractivity contribution >= 4 is 6.03 Å². The molecule has 2 N–H and O–H groups in total. The van der Waals surface area contributed by atoms with Gasteiger partial charge in [0.1, 0.15) is 0 Å². The number of likely N-dealkylation sites (tertiary alicyclic amines) is 1. The van der Waals surface area contributed by atoms with Crippen molar-refractivity contribution in [3.63, 3.8) is 0 Å². The lowest BCUT2D eigenvalue weighted by molar-refractivity contribution is -0.0252. The van der Waals surface area contributed by atoms with Crippen molar-refractivity contribution in [1.82, 2.24) is 9.80 Å². The maximum Gasteiger partial charge on any atom is 0.314 e. The quantitative estimate of drug-likeness (QED) is 0.738. The molecule has 94 valence electrons. The minimum atomic E-state index is -0.335. The molecule has 1 heterocycles. The summed E-state index contributed by atoms with van der Waals surface area (Å²) in [6, 6.07) is -0.130. The molecule has 0 aromatic rings. The molecule has 1 rings (SSSR count). The zero-order valence-corrected chi connectivity index (χ0v) is 11.4. The van der Waals surface area contributed by atoms with E-state index in [1.165, 1.54) is 0 Å². The highest BCUT2D eigenvalue weighted by Crippen LogP contribution is 2.39. The van der Waals surface area contributed by atoms with Crippen LogP contribution in [0, 0.1) is 5.41 Å². The number of amides is 2. The van der Waals surface area contributed by atoms with E-state index >= 15 is 0 Å². The Balaban J connectivity index is 2.95. The van der Waals surface area contributed by atoms with Gasteiger partial charge in [0.15, 0.2) is 0 Å². The lowest BCUT2D eigenvalue weighted by Crippen LogP contribution is -2.62. The predicted molar refractivity (Wildman–Crippen MR) is 66.2 cm³/mol. The average Bonchev–Trinajstić information content (AvgIpc) is 2.10. The second kappa shape index (κ2) is 3.91. The van der Waals surface area contributed by atoms with Gasteiger partial charge in [-0.2, -0.15) is 0 Å². The fourth-order valence-electron chi connectivity index (χ4n) is 2.65. The Morgan fingerprint density at radius 2 is 1.88 bits per heavy atom. The van der Waals surface area contributed by atoms with Crippen molar-refractivity contribution in [2.45, 2.75) is 45.7 Å². The number of urea groups is 1. The van der Waals surface area contributed by atoms with E-state index in [1.807, 2.05) is 0 Å². The van der Waals surface area contributed by atoms with Crippen LogP contribution in [0.5, 0.6) is 0 Å². The smallest absolute Gasteiger partial charge is 0.314 e. The topological polar surface area (TPSA) is 49.6 Å². The molecule has 1 unspecified atom stereocenters. The highest BCUT2D eigenvalue weighted by Gasteiger charge is 2.45. The summed E-state index contributed by atoms with van der Waals surface area (Å²) in [4.78, 5) is 15.4. The molecule has 0 aliphatic carbocycles. The van der Waals surface area contributed by atoms with Crippen LogP contribution in [0.3, 0.4) is 0 Å². The molecule has 0 aromatic heterocycles. The molecule has 0 bridgehead atoms. The van der Waals surface area contributed by atoms with Gasteiger partial charge >= 0.3 is 6.03 Å². The minimum Gasteiger partial charge on any atom is -0.351 e. The number of rotatable bonds is 1. The molecule has 1 atom stereocenters. The Bertz CT molecular complexity index is 286. The van der Waals surface area contributed by atoms with Crippen molar-refractivity contribution in [3.8, 4) is 0 Å². The standard InChI is InChI=1S/C12H25N3O/c1-11(2)8-14(5)12(3,4)7-9(11)15(6)10(13)16/h9H,7-8H2,1-6H3,(H2,13,16). The van der Waals surface area contributed by atoms with Crippen LogP contribution >= 0.6 is 0 Å². The molecule has 0 saturated carbocycles. The molecular formula is C12H25N3O. The Morgan fingerprint density at radius 3 is 2.31 bits per heavy atom. The van der Waals surface area contributed by atoms with E-state index in [2.05, 4.69) is 39.6 Å². The first-order chi connectivity index (χ1) is 7.08. The van der Waals surface area contributed by atoms with Gasteiger partial charge in [0.25, 0.3) is 0 Å². The van der Waals surface area contributed by atoms with Gasteiger partial charge in [-0.3, -0.25) is 0 Å². The number of carbonyl (C=O) groups is 1. The summed E-state index contributed by atoms with van der Waals surface area (Å²) in [6.07, 6.45) is 0.954. The van der Waals surface area contributed by atoms with Gasteiger partial charge in [-0.1, -0.05) is 13.8 Å². The first-order valence-corrected chi connectivity index (χ1v) is 5.81.